The van der Waals surface area contributed by atoms with E-state index < -0.39 is 0 Å². The van der Waals surface area contributed by atoms with E-state index in [2.05, 4.69) is 47.9 Å². The van der Waals surface area contributed by atoms with E-state index in [4.69, 9.17) is 0 Å². The minimum atomic E-state index is -0.346. The van der Waals surface area contributed by atoms with E-state index >= 15 is 0 Å². The van der Waals surface area contributed by atoms with E-state index in [1.165, 1.54) is 11.1 Å². The van der Waals surface area contributed by atoms with Crippen molar-refractivity contribution >= 4 is 11.8 Å². The largest absolute Gasteiger partial charge is 0.297 e. The molecule has 5 heteroatoms. The van der Waals surface area contributed by atoms with Crippen LogP contribution < -0.4 is 0 Å². The SMILES string of the molecule is CC(C)c1ccc(CN2CCN(CN3C(=O)CC4(CCCC4)C3=O)CC2)cc1. The average Bonchev–Trinajstić information content (AvgIpc) is 3.24. The Morgan fingerprint density at radius 2 is 1.54 bits per heavy atom. The van der Waals surface area contributed by atoms with Crippen LogP contribution in [0.2, 0.25) is 0 Å². The number of amides is 2. The Bertz CT molecular complexity index is 714. The van der Waals surface area contributed by atoms with Crippen molar-refractivity contribution in [1.82, 2.24) is 14.7 Å². The Balaban J connectivity index is 1.27. The van der Waals surface area contributed by atoms with Gasteiger partial charge in [-0.05, 0) is 29.9 Å². The average molecular weight is 384 g/mol. The molecular formula is C23H33N3O2. The fourth-order valence-corrected chi connectivity index (χ4v) is 5.00. The molecule has 1 spiro atoms. The third-order valence-corrected chi connectivity index (χ3v) is 6.91. The molecule has 5 nitrogen and oxygen atoms in total. The molecule has 3 fully saturated rings. The molecule has 1 saturated carbocycles. The van der Waals surface area contributed by atoms with Crippen molar-refractivity contribution in [2.45, 2.75) is 58.4 Å². The first-order chi connectivity index (χ1) is 13.5. The van der Waals surface area contributed by atoms with Gasteiger partial charge in [-0.3, -0.25) is 24.3 Å². The van der Waals surface area contributed by atoms with E-state index in [0.717, 1.165) is 58.4 Å². The van der Waals surface area contributed by atoms with E-state index in [1.54, 1.807) is 4.90 Å². The molecule has 0 bridgehead atoms. The molecule has 2 heterocycles. The molecule has 1 aliphatic carbocycles. The van der Waals surface area contributed by atoms with E-state index in [9.17, 15) is 9.59 Å². The predicted molar refractivity (Wildman–Crippen MR) is 110 cm³/mol. The number of carbonyl (C=O) groups is 2. The molecule has 1 aromatic rings. The number of nitrogens with zero attached hydrogens (tertiary/aromatic N) is 3. The molecule has 2 saturated heterocycles. The maximum Gasteiger partial charge on any atom is 0.237 e. The summed E-state index contributed by atoms with van der Waals surface area (Å²) in [6, 6.07) is 8.95. The summed E-state index contributed by atoms with van der Waals surface area (Å²) in [6.45, 7) is 9.67. The Morgan fingerprint density at radius 3 is 2.14 bits per heavy atom. The van der Waals surface area contributed by atoms with Crippen molar-refractivity contribution in [3.8, 4) is 0 Å². The standard InChI is InChI=1S/C23H33N3O2/c1-18(2)20-7-5-19(6-8-20)16-24-11-13-25(14-12-24)17-26-21(27)15-23(22(26)28)9-3-4-10-23/h5-8,18H,3-4,9-17H2,1-2H3. The number of carbonyl (C=O) groups excluding carboxylic acids is 2. The van der Waals surface area contributed by atoms with Gasteiger partial charge in [0, 0.05) is 39.1 Å². The first-order valence-corrected chi connectivity index (χ1v) is 10.9. The molecular weight excluding hydrogens is 350 g/mol. The summed E-state index contributed by atoms with van der Waals surface area (Å²) in [5, 5.41) is 0. The van der Waals surface area contributed by atoms with Crippen LogP contribution in [0.3, 0.4) is 0 Å². The van der Waals surface area contributed by atoms with Gasteiger partial charge in [0.25, 0.3) is 0 Å². The van der Waals surface area contributed by atoms with Crippen LogP contribution in [0.1, 0.15) is 63.0 Å². The summed E-state index contributed by atoms with van der Waals surface area (Å²) in [5.41, 5.74) is 2.39. The fraction of sp³-hybridized carbons (Fsp3) is 0.652. The molecule has 0 atom stereocenters. The molecule has 4 rings (SSSR count). The summed E-state index contributed by atoms with van der Waals surface area (Å²) in [7, 11) is 0. The lowest BCUT2D eigenvalue weighted by Crippen LogP contribution is -2.51. The van der Waals surface area contributed by atoms with Crippen LogP contribution in [-0.4, -0.2) is 59.4 Å². The number of imide groups is 1. The molecule has 1 aromatic carbocycles. The Labute approximate surface area is 168 Å². The predicted octanol–water partition coefficient (Wildman–Crippen LogP) is 3.20. The van der Waals surface area contributed by atoms with Gasteiger partial charge in [-0.15, -0.1) is 0 Å². The summed E-state index contributed by atoms with van der Waals surface area (Å²) in [6.07, 6.45) is 4.42. The normalized spacial score (nSPS) is 23.5. The van der Waals surface area contributed by atoms with Gasteiger partial charge in [-0.25, -0.2) is 0 Å². The van der Waals surface area contributed by atoms with Gasteiger partial charge in [0.05, 0.1) is 12.1 Å². The summed E-state index contributed by atoms with van der Waals surface area (Å²) in [5.74, 6) is 0.708. The van der Waals surface area contributed by atoms with E-state index in [0.29, 0.717) is 19.0 Å². The van der Waals surface area contributed by atoms with Gasteiger partial charge < -0.3 is 0 Å². The van der Waals surface area contributed by atoms with Crippen LogP contribution in [0.25, 0.3) is 0 Å². The highest BCUT2D eigenvalue weighted by atomic mass is 16.2. The highest BCUT2D eigenvalue weighted by Gasteiger charge is 2.52. The number of hydrogen-bond acceptors (Lipinski definition) is 4. The molecule has 0 N–H and O–H groups in total. The van der Waals surface area contributed by atoms with Gasteiger partial charge >= 0.3 is 0 Å². The highest BCUT2D eigenvalue weighted by molar-refractivity contribution is 6.06. The second kappa shape index (κ2) is 7.96. The molecule has 2 amide bonds. The number of piperazine rings is 1. The second-order valence-electron chi connectivity index (χ2n) is 9.22. The van der Waals surface area contributed by atoms with Gasteiger partial charge in [0.1, 0.15) is 0 Å². The van der Waals surface area contributed by atoms with Crippen molar-refractivity contribution in [3.05, 3.63) is 35.4 Å². The second-order valence-corrected chi connectivity index (χ2v) is 9.22. The monoisotopic (exact) mass is 383 g/mol. The van der Waals surface area contributed by atoms with Crippen molar-refractivity contribution in [3.63, 3.8) is 0 Å². The Kier molecular flexibility index (Phi) is 5.57. The summed E-state index contributed by atoms with van der Waals surface area (Å²) in [4.78, 5) is 31.6. The molecule has 2 aliphatic heterocycles. The van der Waals surface area contributed by atoms with Crippen LogP contribution in [-0.2, 0) is 16.1 Å². The zero-order chi connectivity index (χ0) is 19.7. The van der Waals surface area contributed by atoms with Gasteiger partial charge in [0.15, 0.2) is 0 Å². The van der Waals surface area contributed by atoms with Gasteiger partial charge in [0.2, 0.25) is 11.8 Å². The molecule has 0 aromatic heterocycles. The smallest absolute Gasteiger partial charge is 0.237 e. The maximum absolute atomic E-state index is 12.9. The van der Waals surface area contributed by atoms with E-state index in [1.807, 2.05) is 0 Å². The number of hydrogen-bond donors (Lipinski definition) is 0. The van der Waals surface area contributed by atoms with Crippen molar-refractivity contribution < 1.29 is 9.59 Å². The fourth-order valence-electron chi connectivity index (χ4n) is 5.00. The van der Waals surface area contributed by atoms with Crippen LogP contribution in [0.15, 0.2) is 24.3 Å². The molecule has 0 radical (unpaired) electrons. The highest BCUT2D eigenvalue weighted by Crippen LogP contribution is 2.46. The van der Waals surface area contributed by atoms with Crippen LogP contribution in [0.4, 0.5) is 0 Å². The molecule has 0 unspecified atom stereocenters. The molecule has 28 heavy (non-hydrogen) atoms. The van der Waals surface area contributed by atoms with Gasteiger partial charge in [-0.1, -0.05) is 51.0 Å². The van der Waals surface area contributed by atoms with Gasteiger partial charge in [-0.2, -0.15) is 0 Å². The van der Waals surface area contributed by atoms with Crippen molar-refractivity contribution in [2.75, 3.05) is 32.8 Å². The van der Waals surface area contributed by atoms with Crippen LogP contribution >= 0.6 is 0 Å². The lowest BCUT2D eigenvalue weighted by atomic mass is 9.85. The zero-order valence-corrected chi connectivity index (χ0v) is 17.3. The number of rotatable bonds is 5. The topological polar surface area (TPSA) is 43.9 Å². The lowest BCUT2D eigenvalue weighted by Gasteiger charge is -2.36. The van der Waals surface area contributed by atoms with Crippen LogP contribution in [0, 0.1) is 5.41 Å². The Hall–Kier alpha value is -1.72. The molecule has 3 aliphatic rings. The minimum Gasteiger partial charge on any atom is -0.297 e. The Morgan fingerprint density at radius 1 is 0.929 bits per heavy atom. The summed E-state index contributed by atoms with van der Waals surface area (Å²) >= 11 is 0. The zero-order valence-electron chi connectivity index (χ0n) is 17.3. The van der Waals surface area contributed by atoms with Crippen molar-refractivity contribution in [2.24, 2.45) is 5.41 Å². The number of benzene rings is 1. The first-order valence-electron chi connectivity index (χ1n) is 10.9. The third kappa shape index (κ3) is 3.87. The number of likely N-dealkylation sites (tertiary alicyclic amines) is 1. The van der Waals surface area contributed by atoms with E-state index in [-0.39, 0.29) is 17.2 Å². The minimum absolute atomic E-state index is 0.0413. The third-order valence-electron chi connectivity index (χ3n) is 6.91. The summed E-state index contributed by atoms with van der Waals surface area (Å²) < 4.78 is 0. The molecule has 152 valence electrons. The lowest BCUT2D eigenvalue weighted by molar-refractivity contribution is -0.144. The first kappa shape index (κ1) is 19.6. The maximum atomic E-state index is 12.9. The van der Waals surface area contributed by atoms with Crippen LogP contribution in [0.5, 0.6) is 0 Å². The quantitative estimate of drug-likeness (QED) is 0.733. The van der Waals surface area contributed by atoms with Crippen molar-refractivity contribution in [1.29, 1.82) is 0 Å².